The Morgan fingerprint density at radius 1 is 1.14 bits per heavy atom. The molecule has 0 radical (unpaired) electrons. The molecule has 5 heteroatoms. The minimum Gasteiger partial charge on any atom is -0.341 e. The van der Waals surface area contributed by atoms with Crippen LogP contribution in [0.15, 0.2) is 48.8 Å². The smallest absolute Gasteiger partial charge is 0.313 e. The van der Waals surface area contributed by atoms with Gasteiger partial charge >= 0.3 is 11.8 Å². The van der Waals surface area contributed by atoms with Crippen molar-refractivity contribution in [3.8, 4) is 0 Å². The summed E-state index contributed by atoms with van der Waals surface area (Å²) in [4.78, 5) is 27.6. The lowest BCUT2D eigenvalue weighted by Crippen LogP contribution is -2.36. The highest BCUT2D eigenvalue weighted by atomic mass is 16.2. The average molecular weight is 297 g/mol. The molecule has 2 N–H and O–H groups in total. The first-order valence-corrected chi connectivity index (χ1v) is 7.21. The molecule has 0 saturated carbocycles. The van der Waals surface area contributed by atoms with E-state index in [-0.39, 0.29) is 6.04 Å². The third-order valence-corrected chi connectivity index (χ3v) is 3.36. The van der Waals surface area contributed by atoms with E-state index in [1.54, 1.807) is 18.3 Å². The van der Waals surface area contributed by atoms with E-state index in [1.807, 2.05) is 31.2 Å². The lowest BCUT2D eigenvalue weighted by molar-refractivity contribution is -0.136. The van der Waals surface area contributed by atoms with Crippen molar-refractivity contribution >= 4 is 17.5 Å². The molecule has 0 aliphatic heterocycles. The van der Waals surface area contributed by atoms with Gasteiger partial charge in [-0.25, -0.2) is 0 Å². The van der Waals surface area contributed by atoms with Crippen LogP contribution in [0.5, 0.6) is 0 Å². The Bertz CT molecular complexity index is 639. The van der Waals surface area contributed by atoms with Gasteiger partial charge in [0.2, 0.25) is 0 Å². The van der Waals surface area contributed by atoms with Gasteiger partial charge in [0.05, 0.1) is 17.9 Å². The molecule has 0 fully saturated rings. The van der Waals surface area contributed by atoms with Crippen LogP contribution in [0.3, 0.4) is 0 Å². The molecular weight excluding hydrogens is 278 g/mol. The number of pyridine rings is 1. The Kier molecular flexibility index (Phi) is 5.25. The molecule has 1 heterocycles. The van der Waals surface area contributed by atoms with Gasteiger partial charge in [0.15, 0.2) is 0 Å². The predicted octanol–water partition coefficient (Wildman–Crippen LogP) is 2.46. The minimum atomic E-state index is -0.704. The van der Waals surface area contributed by atoms with E-state index in [4.69, 9.17) is 0 Å². The van der Waals surface area contributed by atoms with Gasteiger partial charge in [-0.15, -0.1) is 0 Å². The second-order valence-corrected chi connectivity index (χ2v) is 4.99. The van der Waals surface area contributed by atoms with Gasteiger partial charge in [-0.1, -0.05) is 31.2 Å². The zero-order valence-electron chi connectivity index (χ0n) is 12.7. The third kappa shape index (κ3) is 4.15. The number of nitrogens with zero attached hydrogens (tertiary/aromatic N) is 1. The molecular formula is C17H19N3O2. The van der Waals surface area contributed by atoms with Crippen LogP contribution in [0.1, 0.15) is 31.0 Å². The normalized spacial score (nSPS) is 11.5. The summed E-state index contributed by atoms with van der Waals surface area (Å²) in [6.45, 7) is 3.93. The summed E-state index contributed by atoms with van der Waals surface area (Å²) in [5.41, 5.74) is 2.68. The molecule has 114 valence electrons. The molecule has 2 amide bonds. The third-order valence-electron chi connectivity index (χ3n) is 3.36. The topological polar surface area (TPSA) is 71.1 Å². The first-order valence-electron chi connectivity index (χ1n) is 7.21. The van der Waals surface area contributed by atoms with Crippen LogP contribution < -0.4 is 10.6 Å². The van der Waals surface area contributed by atoms with Gasteiger partial charge in [-0.3, -0.25) is 14.6 Å². The van der Waals surface area contributed by atoms with E-state index in [1.165, 1.54) is 11.8 Å². The molecule has 0 aliphatic rings. The molecule has 0 aliphatic carbocycles. The summed E-state index contributed by atoms with van der Waals surface area (Å²) >= 11 is 0. The van der Waals surface area contributed by atoms with Crippen LogP contribution >= 0.6 is 0 Å². The molecule has 0 spiro atoms. The number of aromatic nitrogens is 1. The number of rotatable bonds is 4. The van der Waals surface area contributed by atoms with Crippen LogP contribution in [0.2, 0.25) is 0 Å². The second kappa shape index (κ2) is 7.36. The van der Waals surface area contributed by atoms with Crippen molar-refractivity contribution < 1.29 is 9.59 Å². The number of anilines is 1. The molecule has 5 nitrogen and oxygen atoms in total. The van der Waals surface area contributed by atoms with Crippen LogP contribution in [0, 0.1) is 0 Å². The Morgan fingerprint density at radius 2 is 1.86 bits per heavy atom. The molecule has 1 atom stereocenters. The number of nitrogens with one attached hydrogen (secondary N) is 2. The van der Waals surface area contributed by atoms with Gasteiger partial charge in [0.1, 0.15) is 0 Å². The monoisotopic (exact) mass is 297 g/mol. The fraction of sp³-hybridized carbons (Fsp3) is 0.235. The highest BCUT2D eigenvalue weighted by Crippen LogP contribution is 2.13. The van der Waals surface area contributed by atoms with E-state index < -0.39 is 11.8 Å². The minimum absolute atomic E-state index is 0.238. The van der Waals surface area contributed by atoms with Crippen molar-refractivity contribution in [2.45, 2.75) is 26.3 Å². The Labute approximate surface area is 129 Å². The number of hydrogen-bond donors (Lipinski definition) is 2. The number of amides is 2. The van der Waals surface area contributed by atoms with Gasteiger partial charge < -0.3 is 10.6 Å². The van der Waals surface area contributed by atoms with Crippen molar-refractivity contribution in [3.05, 3.63) is 59.9 Å². The summed E-state index contributed by atoms with van der Waals surface area (Å²) in [6, 6.07) is 11.1. The number of hydrogen-bond acceptors (Lipinski definition) is 3. The number of carbonyl (C=O) groups excluding carboxylic acids is 2. The largest absolute Gasteiger partial charge is 0.341 e. The standard InChI is InChI=1S/C17H19N3O2/c1-3-13-6-8-14(9-7-13)12(2)19-16(21)17(22)20-15-5-4-10-18-11-15/h4-12H,3H2,1-2H3,(H,19,21)(H,20,22). The predicted molar refractivity (Wildman–Crippen MR) is 85.2 cm³/mol. The highest BCUT2D eigenvalue weighted by Gasteiger charge is 2.17. The van der Waals surface area contributed by atoms with E-state index in [2.05, 4.69) is 22.5 Å². The molecule has 0 bridgehead atoms. The van der Waals surface area contributed by atoms with Crippen LogP contribution in [-0.4, -0.2) is 16.8 Å². The van der Waals surface area contributed by atoms with Crippen molar-refractivity contribution in [2.24, 2.45) is 0 Å². The first-order chi connectivity index (χ1) is 10.6. The van der Waals surface area contributed by atoms with E-state index in [0.717, 1.165) is 12.0 Å². The summed E-state index contributed by atoms with van der Waals surface area (Å²) in [6.07, 6.45) is 4.05. The molecule has 2 rings (SSSR count). The molecule has 22 heavy (non-hydrogen) atoms. The summed E-state index contributed by atoms with van der Waals surface area (Å²) < 4.78 is 0. The zero-order valence-corrected chi connectivity index (χ0v) is 12.7. The van der Waals surface area contributed by atoms with Gasteiger partial charge in [-0.2, -0.15) is 0 Å². The van der Waals surface area contributed by atoms with E-state index in [9.17, 15) is 9.59 Å². The van der Waals surface area contributed by atoms with Crippen molar-refractivity contribution in [1.29, 1.82) is 0 Å². The van der Waals surface area contributed by atoms with Crippen LogP contribution in [0.25, 0.3) is 0 Å². The fourth-order valence-corrected chi connectivity index (χ4v) is 2.01. The first kappa shape index (κ1) is 15.7. The molecule has 1 aromatic heterocycles. The van der Waals surface area contributed by atoms with Gasteiger partial charge in [0.25, 0.3) is 0 Å². The SMILES string of the molecule is CCc1ccc(C(C)NC(=O)C(=O)Nc2cccnc2)cc1. The maximum absolute atomic E-state index is 11.9. The number of carbonyl (C=O) groups is 2. The summed E-state index contributed by atoms with van der Waals surface area (Å²) in [7, 11) is 0. The van der Waals surface area contributed by atoms with Crippen LogP contribution in [0.4, 0.5) is 5.69 Å². The van der Waals surface area contributed by atoms with Crippen LogP contribution in [-0.2, 0) is 16.0 Å². The van der Waals surface area contributed by atoms with E-state index >= 15 is 0 Å². The Balaban J connectivity index is 1.93. The highest BCUT2D eigenvalue weighted by molar-refractivity contribution is 6.39. The second-order valence-electron chi connectivity index (χ2n) is 4.99. The quantitative estimate of drug-likeness (QED) is 0.852. The Morgan fingerprint density at radius 3 is 2.45 bits per heavy atom. The number of benzene rings is 1. The lowest BCUT2D eigenvalue weighted by Gasteiger charge is -2.14. The molecule has 1 aromatic carbocycles. The van der Waals surface area contributed by atoms with Crippen molar-refractivity contribution in [2.75, 3.05) is 5.32 Å². The molecule has 1 unspecified atom stereocenters. The van der Waals surface area contributed by atoms with E-state index in [0.29, 0.717) is 5.69 Å². The fourth-order valence-electron chi connectivity index (χ4n) is 2.01. The van der Waals surface area contributed by atoms with Gasteiger partial charge in [-0.05, 0) is 36.6 Å². The maximum Gasteiger partial charge on any atom is 0.313 e. The van der Waals surface area contributed by atoms with Crippen molar-refractivity contribution in [1.82, 2.24) is 10.3 Å². The summed E-state index contributed by atoms with van der Waals surface area (Å²) in [5.74, 6) is -1.37. The maximum atomic E-state index is 11.9. The average Bonchev–Trinajstić information content (AvgIpc) is 2.55. The van der Waals surface area contributed by atoms with Crippen molar-refractivity contribution in [3.63, 3.8) is 0 Å². The Hall–Kier alpha value is -2.69. The molecule has 0 saturated heterocycles. The summed E-state index contributed by atoms with van der Waals surface area (Å²) in [5, 5.41) is 5.19. The lowest BCUT2D eigenvalue weighted by atomic mass is 10.1. The van der Waals surface area contributed by atoms with Gasteiger partial charge in [0, 0.05) is 6.20 Å². The molecule has 2 aromatic rings. The zero-order chi connectivity index (χ0) is 15.9. The number of aryl methyl sites for hydroxylation is 1.